The van der Waals surface area contributed by atoms with Crippen molar-refractivity contribution in [2.24, 2.45) is 5.92 Å². The summed E-state index contributed by atoms with van der Waals surface area (Å²) in [6, 6.07) is 9.46. The first-order chi connectivity index (χ1) is 12.1. The lowest BCUT2D eigenvalue weighted by molar-refractivity contribution is 0.0948. The molecule has 4 rings (SSSR count). The van der Waals surface area contributed by atoms with Crippen molar-refractivity contribution >= 4 is 18.3 Å². The van der Waals surface area contributed by atoms with Crippen molar-refractivity contribution in [2.45, 2.75) is 25.4 Å². The number of halogens is 2. The molecule has 1 saturated heterocycles. The number of nitrogens with one attached hydrogen (secondary N) is 2. The number of amides is 1. The molecule has 7 heteroatoms. The Labute approximate surface area is 157 Å². The smallest absolute Gasteiger partial charge is 0.263 e. The van der Waals surface area contributed by atoms with Gasteiger partial charge in [-0.25, -0.2) is 4.39 Å². The van der Waals surface area contributed by atoms with Gasteiger partial charge in [0.25, 0.3) is 11.5 Å². The van der Waals surface area contributed by atoms with Gasteiger partial charge in [0, 0.05) is 31.2 Å². The third kappa shape index (κ3) is 3.52. The predicted octanol–water partition coefficient (Wildman–Crippen LogP) is 2.05. The van der Waals surface area contributed by atoms with E-state index in [0.717, 1.165) is 30.8 Å². The Hall–Kier alpha value is -2.18. The molecule has 2 N–H and O–H groups in total. The number of piperidine rings is 1. The van der Waals surface area contributed by atoms with Crippen LogP contribution in [0.25, 0.3) is 0 Å². The SMILES string of the molecule is Cl.O=C(NCc1ccc(F)cc1)c1ccc2n(c1=O)C[C@@H]1CNC[C@H]2C1. The lowest BCUT2D eigenvalue weighted by Crippen LogP contribution is -2.46. The Morgan fingerprint density at radius 2 is 1.96 bits per heavy atom. The Kier molecular flexibility index (Phi) is 5.44. The molecule has 0 radical (unpaired) electrons. The Morgan fingerprint density at radius 3 is 2.73 bits per heavy atom. The second-order valence-corrected chi connectivity index (χ2v) is 6.85. The summed E-state index contributed by atoms with van der Waals surface area (Å²) in [5, 5.41) is 6.15. The summed E-state index contributed by atoms with van der Waals surface area (Å²) in [6.45, 7) is 2.72. The molecule has 0 unspecified atom stereocenters. The molecule has 0 spiro atoms. The first kappa shape index (κ1) is 18.6. The zero-order valence-corrected chi connectivity index (χ0v) is 15.0. The van der Waals surface area contributed by atoms with Crippen LogP contribution in [-0.4, -0.2) is 23.6 Å². The fourth-order valence-corrected chi connectivity index (χ4v) is 3.84. The highest BCUT2D eigenvalue weighted by atomic mass is 35.5. The Morgan fingerprint density at radius 1 is 1.19 bits per heavy atom. The van der Waals surface area contributed by atoms with Crippen molar-refractivity contribution in [3.05, 3.63) is 69.4 Å². The maximum atomic E-state index is 12.9. The van der Waals surface area contributed by atoms with Gasteiger partial charge in [-0.1, -0.05) is 12.1 Å². The molecular formula is C19H21ClFN3O2. The first-order valence-electron chi connectivity index (χ1n) is 8.59. The summed E-state index contributed by atoms with van der Waals surface area (Å²) in [6.07, 6.45) is 1.10. The predicted molar refractivity (Wildman–Crippen MR) is 99.2 cm³/mol. The molecule has 1 fully saturated rings. The number of hydrogen-bond acceptors (Lipinski definition) is 3. The van der Waals surface area contributed by atoms with Crippen LogP contribution in [0.3, 0.4) is 0 Å². The molecule has 26 heavy (non-hydrogen) atoms. The third-order valence-electron chi connectivity index (χ3n) is 5.12. The lowest BCUT2D eigenvalue weighted by Gasteiger charge is -2.37. The molecule has 2 aliphatic heterocycles. The Balaban J connectivity index is 0.00000196. The van der Waals surface area contributed by atoms with Crippen LogP contribution in [0, 0.1) is 11.7 Å². The summed E-state index contributed by atoms with van der Waals surface area (Å²) in [4.78, 5) is 25.2. The van der Waals surface area contributed by atoms with Crippen LogP contribution in [0.2, 0.25) is 0 Å². The van der Waals surface area contributed by atoms with Gasteiger partial charge in [-0.05, 0) is 48.7 Å². The second kappa shape index (κ2) is 7.60. The quantitative estimate of drug-likeness (QED) is 0.860. The van der Waals surface area contributed by atoms with Crippen LogP contribution in [0.15, 0.2) is 41.2 Å². The average molecular weight is 378 g/mol. The maximum Gasteiger partial charge on any atom is 0.263 e. The van der Waals surface area contributed by atoms with E-state index in [1.54, 1.807) is 22.8 Å². The van der Waals surface area contributed by atoms with E-state index in [2.05, 4.69) is 10.6 Å². The van der Waals surface area contributed by atoms with Gasteiger partial charge in [-0.15, -0.1) is 12.4 Å². The first-order valence-corrected chi connectivity index (χ1v) is 8.59. The molecule has 2 bridgehead atoms. The minimum atomic E-state index is -0.390. The maximum absolute atomic E-state index is 12.9. The topological polar surface area (TPSA) is 63.1 Å². The van der Waals surface area contributed by atoms with E-state index in [9.17, 15) is 14.0 Å². The molecule has 1 aromatic heterocycles. The molecule has 2 aromatic rings. The number of pyridine rings is 1. The largest absolute Gasteiger partial charge is 0.348 e. The second-order valence-electron chi connectivity index (χ2n) is 6.85. The normalized spacial score (nSPS) is 20.7. The number of benzene rings is 1. The minimum Gasteiger partial charge on any atom is -0.348 e. The molecular weight excluding hydrogens is 357 g/mol. The van der Waals surface area contributed by atoms with Crippen LogP contribution < -0.4 is 16.2 Å². The van der Waals surface area contributed by atoms with Gasteiger partial charge in [-0.2, -0.15) is 0 Å². The van der Waals surface area contributed by atoms with E-state index in [0.29, 0.717) is 18.4 Å². The van der Waals surface area contributed by atoms with E-state index >= 15 is 0 Å². The van der Waals surface area contributed by atoms with Crippen molar-refractivity contribution in [3.8, 4) is 0 Å². The molecule has 1 aromatic carbocycles. The number of rotatable bonds is 3. The summed E-state index contributed by atoms with van der Waals surface area (Å²) in [5.74, 6) is 0.0829. The Bertz CT molecular complexity index is 866. The van der Waals surface area contributed by atoms with Crippen LogP contribution in [0.4, 0.5) is 4.39 Å². The van der Waals surface area contributed by atoms with Crippen molar-refractivity contribution in [2.75, 3.05) is 13.1 Å². The number of carbonyl (C=O) groups excluding carboxylic acids is 1. The van der Waals surface area contributed by atoms with Crippen LogP contribution in [0.1, 0.15) is 34.0 Å². The van der Waals surface area contributed by atoms with E-state index in [1.165, 1.54) is 12.1 Å². The highest BCUT2D eigenvalue weighted by Crippen LogP contribution is 2.31. The summed E-state index contributed by atoms with van der Waals surface area (Å²) < 4.78 is 14.7. The van der Waals surface area contributed by atoms with Gasteiger partial charge in [0.05, 0.1) is 0 Å². The van der Waals surface area contributed by atoms with Gasteiger partial charge >= 0.3 is 0 Å². The number of carbonyl (C=O) groups is 1. The van der Waals surface area contributed by atoms with Crippen LogP contribution in [0.5, 0.6) is 0 Å². The minimum absolute atomic E-state index is 0. The molecule has 0 saturated carbocycles. The fraction of sp³-hybridized carbons (Fsp3) is 0.368. The number of hydrogen-bond donors (Lipinski definition) is 2. The van der Waals surface area contributed by atoms with Crippen molar-refractivity contribution in [3.63, 3.8) is 0 Å². The standard InChI is InChI=1S/C19H20FN3O2.ClH/c20-15-3-1-12(2-4-15)9-22-18(24)16-5-6-17-14-7-13(8-21-10-14)11-23(17)19(16)25;/h1-6,13-14,21H,7-11H2,(H,22,24);1H/t13-,14+;/m0./s1. The van der Waals surface area contributed by atoms with E-state index in [4.69, 9.17) is 0 Å². The highest BCUT2D eigenvalue weighted by Gasteiger charge is 2.31. The lowest BCUT2D eigenvalue weighted by atomic mass is 9.84. The van der Waals surface area contributed by atoms with Crippen LogP contribution in [-0.2, 0) is 13.1 Å². The number of nitrogens with zero attached hydrogens (tertiary/aromatic N) is 1. The van der Waals surface area contributed by atoms with Gasteiger partial charge in [0.15, 0.2) is 0 Å². The van der Waals surface area contributed by atoms with E-state index in [-0.39, 0.29) is 35.9 Å². The highest BCUT2D eigenvalue weighted by molar-refractivity contribution is 5.93. The molecule has 1 amide bonds. The molecule has 0 aliphatic carbocycles. The molecule has 5 nitrogen and oxygen atoms in total. The number of aromatic nitrogens is 1. The van der Waals surface area contributed by atoms with E-state index in [1.807, 2.05) is 6.07 Å². The summed E-state index contributed by atoms with van der Waals surface area (Å²) in [7, 11) is 0. The summed E-state index contributed by atoms with van der Waals surface area (Å²) >= 11 is 0. The number of fused-ring (bicyclic) bond motifs is 4. The van der Waals surface area contributed by atoms with Gasteiger partial charge < -0.3 is 15.2 Å². The molecule has 2 aliphatic rings. The zero-order valence-electron chi connectivity index (χ0n) is 14.2. The van der Waals surface area contributed by atoms with Gasteiger partial charge in [0.2, 0.25) is 0 Å². The fourth-order valence-electron chi connectivity index (χ4n) is 3.84. The molecule has 3 heterocycles. The average Bonchev–Trinajstić information content (AvgIpc) is 2.62. The van der Waals surface area contributed by atoms with Crippen molar-refractivity contribution < 1.29 is 9.18 Å². The molecule has 2 atom stereocenters. The van der Waals surface area contributed by atoms with Crippen LogP contribution >= 0.6 is 12.4 Å². The van der Waals surface area contributed by atoms with Gasteiger partial charge in [0.1, 0.15) is 11.4 Å². The van der Waals surface area contributed by atoms with Gasteiger partial charge in [-0.3, -0.25) is 9.59 Å². The van der Waals surface area contributed by atoms with Crippen molar-refractivity contribution in [1.82, 2.24) is 15.2 Å². The van der Waals surface area contributed by atoms with Crippen molar-refractivity contribution in [1.29, 1.82) is 0 Å². The summed E-state index contributed by atoms with van der Waals surface area (Å²) in [5.41, 5.74) is 1.75. The zero-order chi connectivity index (χ0) is 17.4. The third-order valence-corrected chi connectivity index (χ3v) is 5.12. The van der Waals surface area contributed by atoms with E-state index < -0.39 is 5.91 Å². The monoisotopic (exact) mass is 377 g/mol. The molecule has 138 valence electrons.